The van der Waals surface area contributed by atoms with Crippen LogP contribution < -0.4 is 0 Å². The number of nitrogens with one attached hydrogen (secondary N) is 1. The van der Waals surface area contributed by atoms with E-state index < -0.39 is 12.1 Å². The highest BCUT2D eigenvalue weighted by molar-refractivity contribution is 5.88. The average molecular weight is 294 g/mol. The minimum atomic E-state index is -1.23. The zero-order valence-corrected chi connectivity index (χ0v) is 12.5. The molecule has 2 rings (SSSR count). The number of aliphatic hydroxyl groups excluding tert-OH is 1. The Balaban J connectivity index is 0.000000315. The number of carbonyl (C=O) groups is 1. The van der Waals surface area contributed by atoms with Crippen molar-refractivity contribution in [1.82, 2.24) is 9.88 Å². The molecule has 0 aliphatic heterocycles. The number of aliphatic carboxylic acids is 1. The third-order valence-corrected chi connectivity index (χ3v) is 2.95. The summed E-state index contributed by atoms with van der Waals surface area (Å²) in [7, 11) is 4.10. The van der Waals surface area contributed by atoms with Crippen LogP contribution >= 0.6 is 0 Å². The number of nitrogens with zero attached hydrogens (tertiary/aromatic N) is 1. The van der Waals surface area contributed by atoms with Crippen molar-refractivity contribution in [2.45, 2.75) is 19.4 Å². The molecule has 0 radical (unpaired) electrons. The van der Waals surface area contributed by atoms with Crippen molar-refractivity contribution in [2.75, 3.05) is 20.6 Å². The molecule has 0 fully saturated rings. The molecule has 0 spiro atoms. The van der Waals surface area contributed by atoms with Gasteiger partial charge in [-0.3, -0.25) is 0 Å². The Morgan fingerprint density at radius 1 is 1.38 bits per heavy atom. The second-order valence-corrected chi connectivity index (χ2v) is 5.08. The van der Waals surface area contributed by atoms with Crippen LogP contribution in [0.3, 0.4) is 0 Å². The number of aliphatic hydroxyl groups is 1. The molecule has 1 atom stereocenters. The SMILES string of the molecule is CC(O)C(=O)O.CN(C)CCc1c[nH]c2cccc(O)c12. The van der Waals surface area contributed by atoms with Crippen LogP contribution in [0.2, 0.25) is 0 Å². The summed E-state index contributed by atoms with van der Waals surface area (Å²) < 4.78 is 0. The van der Waals surface area contributed by atoms with Crippen LogP contribution in [0, 0.1) is 0 Å². The van der Waals surface area contributed by atoms with Crippen LogP contribution in [0.1, 0.15) is 12.5 Å². The lowest BCUT2D eigenvalue weighted by molar-refractivity contribution is -0.145. The number of aromatic nitrogens is 1. The first-order chi connectivity index (χ1) is 9.82. The molecule has 0 saturated carbocycles. The number of H-pyrrole nitrogens is 1. The molecule has 6 nitrogen and oxygen atoms in total. The van der Waals surface area contributed by atoms with Gasteiger partial charge in [0.1, 0.15) is 11.9 Å². The van der Waals surface area contributed by atoms with Gasteiger partial charge >= 0.3 is 5.97 Å². The molecule has 1 heterocycles. The third kappa shape index (κ3) is 5.09. The Bertz CT molecular complexity index is 590. The fourth-order valence-electron chi connectivity index (χ4n) is 1.78. The van der Waals surface area contributed by atoms with Gasteiger partial charge in [0.2, 0.25) is 0 Å². The van der Waals surface area contributed by atoms with Crippen LogP contribution in [0.4, 0.5) is 0 Å². The molecule has 0 saturated heterocycles. The van der Waals surface area contributed by atoms with E-state index in [-0.39, 0.29) is 0 Å². The molecule has 1 aromatic carbocycles. The van der Waals surface area contributed by atoms with E-state index in [2.05, 4.69) is 24.0 Å². The number of hydrogen-bond acceptors (Lipinski definition) is 4. The maximum atomic E-state index is 9.77. The summed E-state index contributed by atoms with van der Waals surface area (Å²) in [6, 6.07) is 5.56. The Morgan fingerprint density at radius 3 is 2.52 bits per heavy atom. The van der Waals surface area contributed by atoms with Crippen LogP contribution in [0.25, 0.3) is 10.9 Å². The maximum absolute atomic E-state index is 9.77. The van der Waals surface area contributed by atoms with Gasteiger partial charge in [-0.1, -0.05) is 6.07 Å². The van der Waals surface area contributed by atoms with E-state index in [0.29, 0.717) is 5.75 Å². The Labute approximate surface area is 123 Å². The molecule has 21 heavy (non-hydrogen) atoms. The number of rotatable bonds is 4. The number of fused-ring (bicyclic) bond motifs is 1. The van der Waals surface area contributed by atoms with E-state index in [1.54, 1.807) is 6.07 Å². The summed E-state index contributed by atoms with van der Waals surface area (Å²) in [5.74, 6) is -0.822. The van der Waals surface area contributed by atoms with Gasteiger partial charge in [-0.15, -0.1) is 0 Å². The molecule has 1 aromatic heterocycles. The van der Waals surface area contributed by atoms with Gasteiger partial charge in [-0.25, -0.2) is 4.79 Å². The smallest absolute Gasteiger partial charge is 0.332 e. The molecule has 116 valence electrons. The number of carboxylic acid groups (broad SMARTS) is 1. The zero-order chi connectivity index (χ0) is 16.0. The highest BCUT2D eigenvalue weighted by atomic mass is 16.4. The number of carboxylic acids is 1. The summed E-state index contributed by atoms with van der Waals surface area (Å²) in [5, 5.41) is 26.5. The number of likely N-dealkylation sites (N-methyl/N-ethyl adjacent to an activating group) is 1. The monoisotopic (exact) mass is 294 g/mol. The van der Waals surface area contributed by atoms with E-state index in [0.717, 1.165) is 23.9 Å². The number of hydrogen-bond donors (Lipinski definition) is 4. The van der Waals surface area contributed by atoms with E-state index in [9.17, 15) is 9.90 Å². The molecule has 6 heteroatoms. The summed E-state index contributed by atoms with van der Waals surface area (Å²) in [6.07, 6.45) is 1.70. The highest BCUT2D eigenvalue weighted by Crippen LogP contribution is 2.27. The topological polar surface area (TPSA) is 96.8 Å². The zero-order valence-electron chi connectivity index (χ0n) is 12.5. The fourth-order valence-corrected chi connectivity index (χ4v) is 1.78. The first-order valence-corrected chi connectivity index (χ1v) is 6.66. The lowest BCUT2D eigenvalue weighted by atomic mass is 10.1. The van der Waals surface area contributed by atoms with E-state index >= 15 is 0 Å². The molecule has 0 aliphatic carbocycles. The van der Waals surface area contributed by atoms with Crippen molar-refractivity contribution in [1.29, 1.82) is 0 Å². The molecule has 4 N–H and O–H groups in total. The van der Waals surface area contributed by atoms with Crippen molar-refractivity contribution in [2.24, 2.45) is 0 Å². The Hall–Kier alpha value is -2.05. The van der Waals surface area contributed by atoms with E-state index in [1.165, 1.54) is 12.5 Å². The normalized spacial score (nSPS) is 12.0. The number of aromatic amines is 1. The first kappa shape index (κ1) is 17.0. The number of phenols is 1. The average Bonchev–Trinajstić information content (AvgIpc) is 2.81. The predicted molar refractivity (Wildman–Crippen MR) is 81.5 cm³/mol. The van der Waals surface area contributed by atoms with Crippen LogP contribution in [-0.4, -0.2) is 57.9 Å². The van der Waals surface area contributed by atoms with Gasteiger partial charge in [0.15, 0.2) is 0 Å². The fraction of sp³-hybridized carbons (Fsp3) is 0.400. The highest BCUT2D eigenvalue weighted by Gasteiger charge is 2.07. The third-order valence-electron chi connectivity index (χ3n) is 2.95. The minimum absolute atomic E-state index is 0.363. The Morgan fingerprint density at radius 2 is 2.00 bits per heavy atom. The van der Waals surface area contributed by atoms with Gasteiger partial charge in [0, 0.05) is 23.6 Å². The largest absolute Gasteiger partial charge is 0.507 e. The first-order valence-electron chi connectivity index (χ1n) is 6.66. The predicted octanol–water partition coefficient (Wildman–Crippen LogP) is 1.43. The molecule has 1 unspecified atom stereocenters. The van der Waals surface area contributed by atoms with Crippen molar-refractivity contribution < 1.29 is 20.1 Å². The van der Waals surface area contributed by atoms with Crippen LogP contribution in [0.5, 0.6) is 5.75 Å². The molecular weight excluding hydrogens is 272 g/mol. The molecular formula is C15H22N2O4. The Kier molecular flexibility index (Phi) is 6.20. The van der Waals surface area contributed by atoms with Gasteiger partial charge in [-0.05, 0) is 45.1 Å². The van der Waals surface area contributed by atoms with Gasteiger partial charge in [-0.2, -0.15) is 0 Å². The maximum Gasteiger partial charge on any atom is 0.332 e. The van der Waals surface area contributed by atoms with Gasteiger partial charge in [0.25, 0.3) is 0 Å². The summed E-state index contributed by atoms with van der Waals surface area (Å²) >= 11 is 0. The van der Waals surface area contributed by atoms with Crippen molar-refractivity contribution in [3.05, 3.63) is 30.0 Å². The van der Waals surface area contributed by atoms with Gasteiger partial charge < -0.3 is 25.2 Å². The van der Waals surface area contributed by atoms with E-state index in [4.69, 9.17) is 10.2 Å². The van der Waals surface area contributed by atoms with Crippen molar-refractivity contribution in [3.8, 4) is 5.75 Å². The van der Waals surface area contributed by atoms with Crippen LogP contribution in [0.15, 0.2) is 24.4 Å². The van der Waals surface area contributed by atoms with Crippen molar-refractivity contribution >= 4 is 16.9 Å². The second-order valence-electron chi connectivity index (χ2n) is 5.08. The second kappa shape index (κ2) is 7.66. The molecule has 0 aliphatic rings. The molecule has 0 bridgehead atoms. The molecule has 0 amide bonds. The minimum Gasteiger partial charge on any atom is -0.507 e. The number of benzene rings is 1. The number of phenolic OH excluding ortho intramolecular Hbond substituents is 1. The summed E-state index contributed by atoms with van der Waals surface area (Å²) in [4.78, 5) is 14.8. The summed E-state index contributed by atoms with van der Waals surface area (Å²) in [6.45, 7) is 2.18. The van der Waals surface area contributed by atoms with Crippen molar-refractivity contribution in [3.63, 3.8) is 0 Å². The van der Waals surface area contributed by atoms with E-state index in [1.807, 2.05) is 18.3 Å². The lowest BCUT2D eigenvalue weighted by Gasteiger charge is -2.08. The standard InChI is InChI=1S/C12H16N2O.C3H6O3/c1-14(2)7-6-9-8-13-10-4-3-5-11(15)12(9)10;1-2(4)3(5)6/h3-5,8,13,15H,6-7H2,1-2H3;2,4H,1H3,(H,5,6). The molecule has 2 aromatic rings. The van der Waals surface area contributed by atoms with Gasteiger partial charge in [0.05, 0.1) is 0 Å². The lowest BCUT2D eigenvalue weighted by Crippen LogP contribution is -2.14. The quantitative estimate of drug-likeness (QED) is 0.684. The van der Waals surface area contributed by atoms with Crippen LogP contribution in [-0.2, 0) is 11.2 Å². The number of aromatic hydroxyl groups is 1. The summed E-state index contributed by atoms with van der Waals surface area (Å²) in [5.41, 5.74) is 2.18.